The molecule has 4 heteroatoms. The molecule has 0 bridgehead atoms. The van der Waals surface area contributed by atoms with Crippen molar-refractivity contribution in [1.82, 2.24) is 10.3 Å². The number of nitrogens with zero attached hydrogens (tertiary/aromatic N) is 2. The third kappa shape index (κ3) is 3.30. The van der Waals surface area contributed by atoms with Crippen molar-refractivity contribution in [2.24, 2.45) is 5.41 Å². The number of carbonyl (C=O) groups excluding carboxylic acids is 1. The van der Waals surface area contributed by atoms with Gasteiger partial charge in [0.2, 0.25) is 5.91 Å². The van der Waals surface area contributed by atoms with Gasteiger partial charge in [-0.05, 0) is 31.4 Å². The van der Waals surface area contributed by atoms with Crippen molar-refractivity contribution in [3.63, 3.8) is 0 Å². The fourth-order valence-electron chi connectivity index (χ4n) is 1.90. The zero-order chi connectivity index (χ0) is 13.0. The number of carbonyl (C=O) groups is 1. The van der Waals surface area contributed by atoms with E-state index in [0.29, 0.717) is 19.4 Å². The van der Waals surface area contributed by atoms with Gasteiger partial charge in [-0.1, -0.05) is 6.07 Å². The predicted octanol–water partition coefficient (Wildman–Crippen LogP) is 1.74. The number of nitrogens with one attached hydrogen (secondary N) is 1. The number of hydrogen-bond donors (Lipinski definition) is 1. The summed E-state index contributed by atoms with van der Waals surface area (Å²) < 4.78 is 0. The van der Waals surface area contributed by atoms with E-state index in [1.165, 1.54) is 0 Å². The maximum Gasteiger partial charge on any atom is 0.224 e. The Morgan fingerprint density at radius 3 is 2.89 bits per heavy atom. The highest BCUT2D eigenvalue weighted by Gasteiger charge is 2.42. The molecule has 2 rings (SSSR count). The second kappa shape index (κ2) is 5.18. The summed E-state index contributed by atoms with van der Waals surface area (Å²) >= 11 is 0. The maximum atomic E-state index is 11.8. The SMILES string of the molecule is Cc1ccc(CC(=O)NCC2(CC#N)CC2)cn1. The average Bonchev–Trinajstić information content (AvgIpc) is 3.11. The second-order valence-electron chi connectivity index (χ2n) is 5.10. The number of hydrogen-bond acceptors (Lipinski definition) is 3. The number of rotatable bonds is 5. The number of amides is 1. The van der Waals surface area contributed by atoms with Gasteiger partial charge >= 0.3 is 0 Å². The minimum Gasteiger partial charge on any atom is -0.355 e. The molecule has 1 aromatic rings. The van der Waals surface area contributed by atoms with Crippen molar-refractivity contribution < 1.29 is 4.79 Å². The van der Waals surface area contributed by atoms with E-state index < -0.39 is 0 Å². The fraction of sp³-hybridized carbons (Fsp3) is 0.500. The van der Waals surface area contributed by atoms with E-state index in [9.17, 15) is 4.79 Å². The lowest BCUT2D eigenvalue weighted by Crippen LogP contribution is -2.31. The molecule has 0 unspecified atom stereocenters. The molecule has 0 aromatic carbocycles. The van der Waals surface area contributed by atoms with Gasteiger partial charge in [-0.25, -0.2) is 0 Å². The summed E-state index contributed by atoms with van der Waals surface area (Å²) in [5.41, 5.74) is 1.93. The normalized spacial score (nSPS) is 15.8. The van der Waals surface area contributed by atoms with Crippen LogP contribution in [0.4, 0.5) is 0 Å². The lowest BCUT2D eigenvalue weighted by molar-refractivity contribution is -0.120. The smallest absolute Gasteiger partial charge is 0.224 e. The van der Waals surface area contributed by atoms with Gasteiger partial charge in [-0.2, -0.15) is 5.26 Å². The van der Waals surface area contributed by atoms with Crippen LogP contribution >= 0.6 is 0 Å². The van der Waals surface area contributed by atoms with E-state index in [1.54, 1.807) is 6.20 Å². The molecule has 1 amide bonds. The van der Waals surface area contributed by atoms with Gasteiger partial charge in [0, 0.05) is 30.3 Å². The topological polar surface area (TPSA) is 65.8 Å². The van der Waals surface area contributed by atoms with Gasteiger partial charge in [0.1, 0.15) is 0 Å². The highest BCUT2D eigenvalue weighted by Crippen LogP contribution is 2.47. The number of aryl methyl sites for hydroxylation is 1. The molecule has 0 atom stereocenters. The van der Waals surface area contributed by atoms with Gasteiger partial charge in [0.15, 0.2) is 0 Å². The molecule has 0 saturated heterocycles. The van der Waals surface area contributed by atoms with Crippen LogP contribution in [-0.4, -0.2) is 17.4 Å². The molecule has 1 aliphatic rings. The van der Waals surface area contributed by atoms with Crippen LogP contribution in [0.3, 0.4) is 0 Å². The first-order valence-electron chi connectivity index (χ1n) is 6.19. The highest BCUT2D eigenvalue weighted by molar-refractivity contribution is 5.78. The van der Waals surface area contributed by atoms with Gasteiger partial charge in [-0.15, -0.1) is 0 Å². The third-order valence-corrected chi connectivity index (χ3v) is 3.41. The summed E-state index contributed by atoms with van der Waals surface area (Å²) in [4.78, 5) is 15.9. The predicted molar refractivity (Wildman–Crippen MR) is 67.6 cm³/mol. The first-order chi connectivity index (χ1) is 8.63. The zero-order valence-electron chi connectivity index (χ0n) is 10.6. The zero-order valence-corrected chi connectivity index (χ0v) is 10.6. The van der Waals surface area contributed by atoms with Crippen LogP contribution in [0.25, 0.3) is 0 Å². The van der Waals surface area contributed by atoms with Gasteiger partial charge in [0.05, 0.1) is 12.5 Å². The first kappa shape index (κ1) is 12.6. The summed E-state index contributed by atoms with van der Waals surface area (Å²) in [7, 11) is 0. The Labute approximate surface area is 107 Å². The van der Waals surface area contributed by atoms with Gasteiger partial charge < -0.3 is 5.32 Å². The molecule has 1 aliphatic carbocycles. The van der Waals surface area contributed by atoms with E-state index in [1.807, 2.05) is 19.1 Å². The second-order valence-corrected chi connectivity index (χ2v) is 5.10. The molecule has 0 radical (unpaired) electrons. The van der Waals surface area contributed by atoms with Crippen LogP contribution in [0, 0.1) is 23.7 Å². The minimum absolute atomic E-state index is 0.00451. The van der Waals surface area contributed by atoms with Gasteiger partial charge in [0.25, 0.3) is 0 Å². The molecule has 18 heavy (non-hydrogen) atoms. The Balaban J connectivity index is 1.79. The van der Waals surface area contributed by atoms with Crippen LogP contribution < -0.4 is 5.32 Å². The quantitative estimate of drug-likeness (QED) is 0.856. The molecule has 94 valence electrons. The van der Waals surface area contributed by atoms with E-state index in [-0.39, 0.29) is 11.3 Å². The van der Waals surface area contributed by atoms with E-state index in [2.05, 4.69) is 16.4 Å². The molecular weight excluding hydrogens is 226 g/mol. The molecular formula is C14H17N3O. The highest BCUT2D eigenvalue weighted by atomic mass is 16.1. The van der Waals surface area contributed by atoms with Crippen molar-refractivity contribution in [2.75, 3.05) is 6.54 Å². The molecule has 4 nitrogen and oxygen atoms in total. The Bertz CT molecular complexity index is 469. The fourth-order valence-corrected chi connectivity index (χ4v) is 1.90. The molecule has 0 spiro atoms. The monoisotopic (exact) mass is 243 g/mol. The van der Waals surface area contributed by atoms with Crippen molar-refractivity contribution >= 4 is 5.91 Å². The van der Waals surface area contributed by atoms with E-state index in [0.717, 1.165) is 24.1 Å². The lowest BCUT2D eigenvalue weighted by atomic mass is 10.0. The first-order valence-corrected chi connectivity index (χ1v) is 6.19. The van der Waals surface area contributed by atoms with E-state index in [4.69, 9.17) is 5.26 Å². The summed E-state index contributed by atoms with van der Waals surface area (Å²) in [6.45, 7) is 2.54. The van der Waals surface area contributed by atoms with Crippen LogP contribution in [0.2, 0.25) is 0 Å². The Morgan fingerprint density at radius 2 is 2.33 bits per heavy atom. The standard InChI is InChI=1S/C14H17N3O/c1-11-2-3-12(9-16-11)8-13(18)17-10-14(4-5-14)6-7-15/h2-3,9H,4-6,8,10H2,1H3,(H,17,18). The van der Waals surface area contributed by atoms with Crippen LogP contribution in [0.15, 0.2) is 18.3 Å². The molecule has 1 heterocycles. The van der Waals surface area contributed by atoms with Crippen molar-refractivity contribution in [1.29, 1.82) is 5.26 Å². The number of aromatic nitrogens is 1. The largest absolute Gasteiger partial charge is 0.355 e. The number of pyridine rings is 1. The number of nitriles is 1. The molecule has 0 aliphatic heterocycles. The van der Waals surface area contributed by atoms with Gasteiger partial charge in [-0.3, -0.25) is 9.78 Å². The third-order valence-electron chi connectivity index (χ3n) is 3.41. The van der Waals surface area contributed by atoms with E-state index >= 15 is 0 Å². The minimum atomic E-state index is 0.00451. The van der Waals surface area contributed by atoms with Crippen molar-refractivity contribution in [2.45, 2.75) is 32.6 Å². The molecule has 1 N–H and O–H groups in total. The molecule has 1 saturated carbocycles. The maximum absolute atomic E-state index is 11.8. The van der Waals surface area contributed by atoms with Crippen molar-refractivity contribution in [3.05, 3.63) is 29.6 Å². The lowest BCUT2D eigenvalue weighted by Gasteiger charge is -2.12. The van der Waals surface area contributed by atoms with Crippen LogP contribution in [0.5, 0.6) is 0 Å². The molecule has 1 fully saturated rings. The average molecular weight is 243 g/mol. The van der Waals surface area contributed by atoms with Crippen LogP contribution in [0.1, 0.15) is 30.5 Å². The summed E-state index contributed by atoms with van der Waals surface area (Å²) in [6, 6.07) is 6.01. The Morgan fingerprint density at radius 1 is 1.56 bits per heavy atom. The van der Waals surface area contributed by atoms with Crippen molar-refractivity contribution in [3.8, 4) is 6.07 Å². The summed E-state index contributed by atoms with van der Waals surface area (Å²) in [5.74, 6) is 0.00451. The Kier molecular flexibility index (Phi) is 3.61. The summed E-state index contributed by atoms with van der Waals surface area (Å²) in [5, 5.41) is 11.6. The molecule has 1 aromatic heterocycles. The summed E-state index contributed by atoms with van der Waals surface area (Å²) in [6.07, 6.45) is 4.73. The Hall–Kier alpha value is -1.89. The van der Waals surface area contributed by atoms with Crippen LogP contribution in [-0.2, 0) is 11.2 Å².